The summed E-state index contributed by atoms with van der Waals surface area (Å²) in [6.07, 6.45) is 0. The first-order valence-electron chi connectivity index (χ1n) is 5.84. The van der Waals surface area contributed by atoms with Crippen LogP contribution in [0.3, 0.4) is 0 Å². The zero-order valence-electron chi connectivity index (χ0n) is 10.5. The third-order valence-corrected chi connectivity index (χ3v) is 2.85. The summed E-state index contributed by atoms with van der Waals surface area (Å²) < 4.78 is 18.9. The molecule has 0 amide bonds. The Kier molecular flexibility index (Phi) is 3.63. The van der Waals surface area contributed by atoms with Crippen LogP contribution in [-0.4, -0.2) is 0 Å². The second-order valence-corrected chi connectivity index (χ2v) is 4.32. The first kappa shape index (κ1) is 12.6. The van der Waals surface area contributed by atoms with Crippen LogP contribution in [0.15, 0.2) is 36.4 Å². The largest absolute Gasteiger partial charge is 0.457 e. The van der Waals surface area contributed by atoms with Crippen molar-refractivity contribution in [3.63, 3.8) is 0 Å². The van der Waals surface area contributed by atoms with Crippen LogP contribution in [0.25, 0.3) is 0 Å². The summed E-state index contributed by atoms with van der Waals surface area (Å²) in [6.45, 7) is 4.33. The molecule has 2 aromatic rings. The van der Waals surface area contributed by atoms with Gasteiger partial charge in [-0.15, -0.1) is 0 Å². The molecule has 0 spiro atoms. The van der Waals surface area contributed by atoms with Crippen LogP contribution < -0.4 is 10.5 Å². The average Bonchev–Trinajstić information content (AvgIpc) is 2.36. The maximum atomic E-state index is 13.2. The standard InChI is InChI=1S/C15H16FNO/c1-10-3-5-13(16)8-15(10)18-14-6-4-12(9-17)7-11(14)2/h3-8H,9,17H2,1-2H3. The Labute approximate surface area is 106 Å². The second kappa shape index (κ2) is 5.19. The van der Waals surface area contributed by atoms with Crippen LogP contribution in [0.4, 0.5) is 4.39 Å². The van der Waals surface area contributed by atoms with Crippen molar-refractivity contribution in [3.05, 3.63) is 58.9 Å². The maximum absolute atomic E-state index is 13.2. The van der Waals surface area contributed by atoms with Gasteiger partial charge in [0.05, 0.1) is 0 Å². The van der Waals surface area contributed by atoms with E-state index in [1.807, 2.05) is 32.0 Å². The molecule has 0 atom stereocenters. The summed E-state index contributed by atoms with van der Waals surface area (Å²) in [4.78, 5) is 0. The molecule has 0 aliphatic heterocycles. The predicted octanol–water partition coefficient (Wildman–Crippen LogP) is 3.69. The molecule has 0 saturated heterocycles. The van der Waals surface area contributed by atoms with Gasteiger partial charge < -0.3 is 10.5 Å². The van der Waals surface area contributed by atoms with Gasteiger partial charge in [0.1, 0.15) is 17.3 Å². The molecule has 2 N–H and O–H groups in total. The number of hydrogen-bond acceptors (Lipinski definition) is 2. The molecule has 2 nitrogen and oxygen atoms in total. The predicted molar refractivity (Wildman–Crippen MR) is 70.3 cm³/mol. The molecular formula is C15H16FNO. The summed E-state index contributed by atoms with van der Waals surface area (Å²) in [5.74, 6) is 0.964. The molecule has 3 heteroatoms. The molecule has 0 aliphatic rings. The van der Waals surface area contributed by atoms with E-state index < -0.39 is 0 Å². The SMILES string of the molecule is Cc1cc(CN)ccc1Oc1cc(F)ccc1C. The highest BCUT2D eigenvalue weighted by molar-refractivity contribution is 5.42. The lowest BCUT2D eigenvalue weighted by Gasteiger charge is -2.12. The first-order chi connectivity index (χ1) is 8.60. The topological polar surface area (TPSA) is 35.2 Å². The van der Waals surface area contributed by atoms with Crippen molar-refractivity contribution < 1.29 is 9.13 Å². The van der Waals surface area contributed by atoms with Crippen LogP contribution in [0.5, 0.6) is 11.5 Å². The molecule has 0 saturated carbocycles. The van der Waals surface area contributed by atoms with Gasteiger partial charge >= 0.3 is 0 Å². The van der Waals surface area contributed by atoms with Crippen molar-refractivity contribution in [3.8, 4) is 11.5 Å². The number of hydrogen-bond donors (Lipinski definition) is 1. The Morgan fingerprint density at radius 1 is 1.00 bits per heavy atom. The fourth-order valence-corrected chi connectivity index (χ4v) is 1.76. The van der Waals surface area contributed by atoms with E-state index in [-0.39, 0.29) is 5.82 Å². The van der Waals surface area contributed by atoms with Gasteiger partial charge in [0.15, 0.2) is 0 Å². The second-order valence-electron chi connectivity index (χ2n) is 4.32. The normalized spacial score (nSPS) is 10.4. The van der Waals surface area contributed by atoms with Gasteiger partial charge in [0.25, 0.3) is 0 Å². The number of ether oxygens (including phenoxy) is 1. The summed E-state index contributed by atoms with van der Waals surface area (Å²) >= 11 is 0. The summed E-state index contributed by atoms with van der Waals surface area (Å²) in [6, 6.07) is 10.3. The van der Waals surface area contributed by atoms with E-state index in [2.05, 4.69) is 0 Å². The molecule has 0 aromatic heterocycles. The van der Waals surface area contributed by atoms with Crippen molar-refractivity contribution in [1.29, 1.82) is 0 Å². The molecule has 0 fully saturated rings. The lowest BCUT2D eigenvalue weighted by atomic mass is 10.1. The molecule has 0 bridgehead atoms. The molecule has 2 aromatic carbocycles. The highest BCUT2D eigenvalue weighted by Crippen LogP contribution is 2.28. The molecule has 2 rings (SSSR count). The van der Waals surface area contributed by atoms with Gasteiger partial charge in [-0.2, -0.15) is 0 Å². The molecule has 0 unspecified atom stereocenters. The summed E-state index contributed by atoms with van der Waals surface area (Å²) in [5, 5.41) is 0. The van der Waals surface area contributed by atoms with E-state index >= 15 is 0 Å². The third kappa shape index (κ3) is 2.68. The van der Waals surface area contributed by atoms with Crippen LogP contribution in [0.1, 0.15) is 16.7 Å². The van der Waals surface area contributed by atoms with Crippen LogP contribution in [0.2, 0.25) is 0 Å². The Balaban J connectivity index is 2.31. The Hall–Kier alpha value is -1.87. The Bertz CT molecular complexity index is 566. The van der Waals surface area contributed by atoms with E-state index in [1.54, 1.807) is 6.07 Å². The lowest BCUT2D eigenvalue weighted by Crippen LogP contribution is -1.97. The van der Waals surface area contributed by atoms with Crippen LogP contribution >= 0.6 is 0 Å². The fraction of sp³-hybridized carbons (Fsp3) is 0.200. The van der Waals surface area contributed by atoms with Crippen LogP contribution in [0, 0.1) is 19.7 Å². The van der Waals surface area contributed by atoms with Gasteiger partial charge in [-0.05, 0) is 42.7 Å². The van der Waals surface area contributed by atoms with E-state index in [1.165, 1.54) is 12.1 Å². The van der Waals surface area contributed by atoms with Crippen molar-refractivity contribution >= 4 is 0 Å². The molecule has 18 heavy (non-hydrogen) atoms. The van der Waals surface area contributed by atoms with Crippen molar-refractivity contribution in [2.24, 2.45) is 5.73 Å². The molecule has 94 valence electrons. The first-order valence-corrected chi connectivity index (χ1v) is 5.84. The molecule has 0 aliphatic carbocycles. The fourth-order valence-electron chi connectivity index (χ4n) is 1.76. The van der Waals surface area contributed by atoms with E-state index in [9.17, 15) is 4.39 Å². The number of benzene rings is 2. The number of rotatable bonds is 3. The maximum Gasteiger partial charge on any atom is 0.133 e. The van der Waals surface area contributed by atoms with Gasteiger partial charge in [-0.1, -0.05) is 18.2 Å². The number of halogens is 1. The van der Waals surface area contributed by atoms with Gasteiger partial charge in [0.2, 0.25) is 0 Å². The van der Waals surface area contributed by atoms with Gasteiger partial charge in [-0.3, -0.25) is 0 Å². The van der Waals surface area contributed by atoms with E-state index in [0.29, 0.717) is 12.3 Å². The monoisotopic (exact) mass is 245 g/mol. The van der Waals surface area contributed by atoms with Gasteiger partial charge in [0, 0.05) is 12.6 Å². The number of aryl methyl sites for hydroxylation is 2. The van der Waals surface area contributed by atoms with Crippen molar-refractivity contribution in [2.45, 2.75) is 20.4 Å². The van der Waals surface area contributed by atoms with Crippen LogP contribution in [-0.2, 0) is 6.54 Å². The van der Waals surface area contributed by atoms with Gasteiger partial charge in [-0.25, -0.2) is 4.39 Å². The minimum Gasteiger partial charge on any atom is -0.457 e. The summed E-state index contributed by atoms with van der Waals surface area (Å²) in [5.41, 5.74) is 8.52. The number of nitrogens with two attached hydrogens (primary N) is 1. The minimum atomic E-state index is -0.299. The molecular weight excluding hydrogens is 229 g/mol. The zero-order chi connectivity index (χ0) is 13.1. The quantitative estimate of drug-likeness (QED) is 0.895. The molecule has 0 heterocycles. The molecule has 0 radical (unpaired) electrons. The van der Waals surface area contributed by atoms with E-state index in [4.69, 9.17) is 10.5 Å². The summed E-state index contributed by atoms with van der Waals surface area (Å²) in [7, 11) is 0. The minimum absolute atomic E-state index is 0.299. The van der Waals surface area contributed by atoms with Crippen molar-refractivity contribution in [2.75, 3.05) is 0 Å². The Morgan fingerprint density at radius 3 is 2.44 bits per heavy atom. The average molecular weight is 245 g/mol. The highest BCUT2D eigenvalue weighted by atomic mass is 19.1. The highest BCUT2D eigenvalue weighted by Gasteiger charge is 2.06. The van der Waals surface area contributed by atoms with E-state index in [0.717, 1.165) is 22.4 Å². The smallest absolute Gasteiger partial charge is 0.133 e. The zero-order valence-corrected chi connectivity index (χ0v) is 10.5. The lowest BCUT2D eigenvalue weighted by molar-refractivity contribution is 0.469. The third-order valence-electron chi connectivity index (χ3n) is 2.85. The van der Waals surface area contributed by atoms with Crippen molar-refractivity contribution in [1.82, 2.24) is 0 Å². The Morgan fingerprint density at radius 2 is 1.78 bits per heavy atom.